The minimum absolute atomic E-state index is 0.0702. The molecule has 0 aromatic carbocycles. The van der Waals surface area contributed by atoms with Crippen molar-refractivity contribution in [1.82, 2.24) is 25.1 Å². The number of aliphatic hydroxyl groups is 1. The molecule has 4 atom stereocenters. The lowest BCUT2D eigenvalue weighted by Crippen LogP contribution is -2.55. The van der Waals surface area contributed by atoms with Gasteiger partial charge >= 0.3 is 0 Å². The Balaban J connectivity index is 1.54. The van der Waals surface area contributed by atoms with Crippen molar-refractivity contribution in [2.45, 2.75) is 82.1 Å². The van der Waals surface area contributed by atoms with E-state index in [1.54, 1.807) is 23.4 Å². The monoisotopic (exact) mass is 502 g/mol. The number of likely N-dealkylation sites (tertiary alicyclic amines) is 1. The summed E-state index contributed by atoms with van der Waals surface area (Å²) in [6.45, 7) is 2.14. The number of β-amino-alcohol motifs (C(OH)–C–C–N with tert-alkyl or cyclic N) is 1. The summed E-state index contributed by atoms with van der Waals surface area (Å²) in [6.07, 6.45) is 16.3. The van der Waals surface area contributed by atoms with E-state index in [0.29, 0.717) is 12.0 Å². The fraction of sp³-hybridized carbons (Fsp3) is 0.500. The minimum Gasteiger partial charge on any atom is -0.391 e. The number of hydrogen-bond donors (Lipinski definition) is 3. The van der Waals surface area contributed by atoms with Crippen molar-refractivity contribution in [2.75, 3.05) is 6.54 Å². The highest BCUT2D eigenvalue weighted by atomic mass is 16.3. The van der Waals surface area contributed by atoms with Gasteiger partial charge in [0.2, 0.25) is 11.8 Å². The molecule has 9 heteroatoms. The van der Waals surface area contributed by atoms with Crippen molar-refractivity contribution in [3.05, 3.63) is 59.2 Å². The molecule has 3 heterocycles. The minimum atomic E-state index is -0.923. The topological polar surface area (TPSA) is 125 Å². The summed E-state index contributed by atoms with van der Waals surface area (Å²) in [5, 5.41) is 23.2. The predicted octanol–water partition coefficient (Wildman–Crippen LogP) is 2.59. The molecule has 1 aliphatic heterocycles. The van der Waals surface area contributed by atoms with Crippen molar-refractivity contribution in [1.29, 1.82) is 5.26 Å². The van der Waals surface area contributed by atoms with Crippen LogP contribution in [0.2, 0.25) is 0 Å². The van der Waals surface area contributed by atoms with Gasteiger partial charge in [-0.1, -0.05) is 37.5 Å². The van der Waals surface area contributed by atoms with Crippen LogP contribution in [-0.2, 0) is 16.0 Å². The van der Waals surface area contributed by atoms with Gasteiger partial charge in [0.25, 0.3) is 0 Å². The molecule has 37 heavy (non-hydrogen) atoms. The first-order valence-electron chi connectivity index (χ1n) is 13.2. The third-order valence-electron chi connectivity index (χ3n) is 7.89. The van der Waals surface area contributed by atoms with Gasteiger partial charge in [-0.15, -0.1) is 0 Å². The zero-order chi connectivity index (χ0) is 25.9. The van der Waals surface area contributed by atoms with E-state index in [-0.39, 0.29) is 30.8 Å². The molecule has 0 spiro atoms. The van der Waals surface area contributed by atoms with Crippen LogP contribution in [0.15, 0.2) is 36.8 Å². The van der Waals surface area contributed by atoms with Crippen molar-refractivity contribution in [3.8, 4) is 6.19 Å². The Labute approximate surface area is 217 Å². The van der Waals surface area contributed by atoms with Crippen LogP contribution < -0.4 is 5.32 Å². The average molecular weight is 503 g/mol. The van der Waals surface area contributed by atoms with Crippen molar-refractivity contribution in [2.24, 2.45) is 0 Å². The molecule has 2 aliphatic carbocycles. The summed E-state index contributed by atoms with van der Waals surface area (Å²) in [7, 11) is 0. The Morgan fingerprint density at radius 3 is 2.86 bits per heavy atom. The Morgan fingerprint density at radius 1 is 1.32 bits per heavy atom. The maximum absolute atomic E-state index is 14.3. The quantitative estimate of drug-likeness (QED) is 0.522. The highest BCUT2D eigenvalue weighted by molar-refractivity contribution is 5.91. The van der Waals surface area contributed by atoms with E-state index in [0.717, 1.165) is 42.5 Å². The summed E-state index contributed by atoms with van der Waals surface area (Å²) in [6, 6.07) is 1.49. The number of aromatic nitrogens is 2. The highest BCUT2D eigenvalue weighted by Crippen LogP contribution is 2.33. The van der Waals surface area contributed by atoms with Gasteiger partial charge in [-0.05, 0) is 37.0 Å². The van der Waals surface area contributed by atoms with Crippen LogP contribution in [0.3, 0.4) is 0 Å². The maximum Gasteiger partial charge on any atom is 0.247 e. The third kappa shape index (κ3) is 5.12. The summed E-state index contributed by atoms with van der Waals surface area (Å²) in [5.41, 5.74) is 3.84. The van der Waals surface area contributed by atoms with E-state index in [1.807, 2.05) is 31.3 Å². The van der Waals surface area contributed by atoms with Crippen molar-refractivity contribution < 1.29 is 14.7 Å². The molecule has 3 N–H and O–H groups in total. The van der Waals surface area contributed by atoms with E-state index in [4.69, 9.17) is 0 Å². The number of aromatic amines is 1. The Hall–Kier alpha value is -3.64. The summed E-state index contributed by atoms with van der Waals surface area (Å²) < 4.78 is 0. The van der Waals surface area contributed by atoms with E-state index in [9.17, 15) is 20.0 Å². The average Bonchev–Trinajstić information content (AvgIpc) is 3.49. The third-order valence-corrected chi connectivity index (χ3v) is 7.89. The Morgan fingerprint density at radius 2 is 2.14 bits per heavy atom. The first kappa shape index (κ1) is 25.0. The van der Waals surface area contributed by atoms with E-state index < -0.39 is 24.2 Å². The molecular weight excluding hydrogens is 468 g/mol. The molecule has 2 aromatic rings. The number of nitriles is 1. The van der Waals surface area contributed by atoms with Crippen LogP contribution in [-0.4, -0.2) is 67.5 Å². The first-order chi connectivity index (χ1) is 18.0. The fourth-order valence-electron chi connectivity index (χ4n) is 5.98. The van der Waals surface area contributed by atoms with Crippen LogP contribution in [0.5, 0.6) is 0 Å². The molecule has 2 fully saturated rings. The number of nitrogens with one attached hydrogen (secondary N) is 2. The molecule has 194 valence electrons. The van der Waals surface area contributed by atoms with Crippen LogP contribution in [0.4, 0.5) is 0 Å². The van der Waals surface area contributed by atoms with Gasteiger partial charge < -0.3 is 20.3 Å². The van der Waals surface area contributed by atoms with Crippen LogP contribution >= 0.6 is 0 Å². The van der Waals surface area contributed by atoms with Gasteiger partial charge in [0, 0.05) is 48.7 Å². The Bertz CT molecular complexity index is 1200. The van der Waals surface area contributed by atoms with Crippen LogP contribution in [0.1, 0.15) is 67.0 Å². The zero-order valence-corrected chi connectivity index (χ0v) is 21.1. The van der Waals surface area contributed by atoms with Crippen LogP contribution in [0.25, 0.3) is 6.08 Å². The lowest BCUT2D eigenvalue weighted by molar-refractivity contribution is -0.146. The van der Waals surface area contributed by atoms with E-state index >= 15 is 0 Å². The van der Waals surface area contributed by atoms with Gasteiger partial charge in [0.1, 0.15) is 12.1 Å². The molecule has 0 radical (unpaired) electrons. The second kappa shape index (κ2) is 10.8. The Kier molecular flexibility index (Phi) is 7.28. The van der Waals surface area contributed by atoms with Gasteiger partial charge in [-0.2, -0.15) is 5.26 Å². The molecule has 1 saturated heterocycles. The number of H-pyrrole nitrogens is 1. The standard InChI is InChI=1S/C28H34N6O3/c1-18-14-31-24-12-21(9-10-23(18)24)34(28(37)25-13-22(35)16-33(25)17-29)26(19-6-5-11-30-15-19)27(36)32-20-7-3-2-4-8-20/h5-6,9-11,14-15,20-22,25-26,31,35H,2-4,7-8,12-13,16H2,1H3,(H,32,36)/t21?,22-,25-,26?/m1/s1. The predicted molar refractivity (Wildman–Crippen MR) is 138 cm³/mol. The summed E-state index contributed by atoms with van der Waals surface area (Å²) in [5.74, 6) is -0.579. The molecular formula is C28H34N6O3. The molecule has 2 amide bonds. The number of hydrogen-bond acceptors (Lipinski definition) is 6. The SMILES string of the molecule is Cc1c[nH]c2c1C=CC(N(C(=O)[C@H]1C[C@@H](O)CN1C#N)C(C(=O)NC1CCCCC1)c1cccnc1)C2. The smallest absolute Gasteiger partial charge is 0.247 e. The van der Waals surface area contributed by atoms with Gasteiger partial charge in [0.05, 0.1) is 18.7 Å². The first-order valence-corrected chi connectivity index (χ1v) is 13.2. The number of carbonyl (C=O) groups excluding carboxylic acids is 2. The van der Waals surface area contributed by atoms with E-state index in [1.165, 1.54) is 11.3 Å². The molecule has 3 aliphatic rings. The van der Waals surface area contributed by atoms with Crippen molar-refractivity contribution in [3.63, 3.8) is 0 Å². The zero-order valence-electron chi connectivity index (χ0n) is 21.1. The van der Waals surface area contributed by atoms with Crippen molar-refractivity contribution >= 4 is 17.9 Å². The number of amides is 2. The molecule has 2 unspecified atom stereocenters. The molecule has 1 saturated carbocycles. The fourth-order valence-corrected chi connectivity index (χ4v) is 5.98. The molecule has 2 aromatic heterocycles. The van der Waals surface area contributed by atoms with Gasteiger partial charge in [0.15, 0.2) is 6.19 Å². The summed E-state index contributed by atoms with van der Waals surface area (Å²) >= 11 is 0. The highest BCUT2D eigenvalue weighted by Gasteiger charge is 2.45. The number of fused-ring (bicyclic) bond motifs is 1. The number of aliphatic hydroxyl groups excluding tert-OH is 1. The number of aryl methyl sites for hydroxylation is 1. The second-order valence-electron chi connectivity index (χ2n) is 10.4. The number of pyridine rings is 1. The largest absolute Gasteiger partial charge is 0.391 e. The molecule has 0 bridgehead atoms. The second-order valence-corrected chi connectivity index (χ2v) is 10.4. The molecule has 9 nitrogen and oxygen atoms in total. The number of rotatable bonds is 6. The van der Waals surface area contributed by atoms with E-state index in [2.05, 4.69) is 21.5 Å². The normalized spacial score (nSPS) is 24.2. The van der Waals surface area contributed by atoms with Crippen LogP contribution in [0, 0.1) is 18.4 Å². The number of nitrogens with zero attached hydrogens (tertiary/aromatic N) is 4. The maximum atomic E-state index is 14.3. The molecule has 5 rings (SSSR count). The summed E-state index contributed by atoms with van der Waals surface area (Å²) in [4.78, 5) is 38.8. The number of carbonyl (C=O) groups is 2. The lowest BCUT2D eigenvalue weighted by atomic mass is 9.92. The van der Waals surface area contributed by atoms with Gasteiger partial charge in [-0.25, -0.2) is 0 Å². The van der Waals surface area contributed by atoms with Gasteiger partial charge in [-0.3, -0.25) is 19.5 Å². The lowest BCUT2D eigenvalue weighted by Gasteiger charge is -2.40.